The van der Waals surface area contributed by atoms with E-state index < -0.39 is 5.60 Å². The van der Waals surface area contributed by atoms with Crippen LogP contribution in [0.25, 0.3) is 0 Å². The second-order valence-electron chi connectivity index (χ2n) is 6.32. The third-order valence-electron chi connectivity index (χ3n) is 3.25. The summed E-state index contributed by atoms with van der Waals surface area (Å²) in [6.45, 7) is 6.70. The molecule has 6 heteroatoms. The molecule has 1 saturated heterocycles. The molecule has 1 aliphatic heterocycles. The van der Waals surface area contributed by atoms with Gasteiger partial charge in [-0.1, -0.05) is 0 Å². The molecule has 0 aliphatic carbocycles. The number of amides is 2. The molecule has 1 aromatic rings. The summed E-state index contributed by atoms with van der Waals surface area (Å²) in [6, 6.07) is 3.47. The Morgan fingerprint density at radius 3 is 2.81 bits per heavy atom. The van der Waals surface area contributed by atoms with Gasteiger partial charge in [0.15, 0.2) is 0 Å². The zero-order valence-electron chi connectivity index (χ0n) is 12.8. The van der Waals surface area contributed by atoms with Gasteiger partial charge in [0, 0.05) is 25.3 Å². The highest BCUT2D eigenvalue weighted by atomic mass is 16.6. The number of H-pyrrole nitrogens is 1. The van der Waals surface area contributed by atoms with Crippen LogP contribution in [0.15, 0.2) is 18.3 Å². The van der Waals surface area contributed by atoms with Gasteiger partial charge in [-0.2, -0.15) is 0 Å². The van der Waals surface area contributed by atoms with Gasteiger partial charge in [0.25, 0.3) is 5.91 Å². The maximum absolute atomic E-state index is 12.1. The third-order valence-corrected chi connectivity index (χ3v) is 3.25. The monoisotopic (exact) mass is 293 g/mol. The average molecular weight is 293 g/mol. The van der Waals surface area contributed by atoms with E-state index in [0.29, 0.717) is 18.8 Å². The Morgan fingerprint density at radius 2 is 2.19 bits per heavy atom. The topological polar surface area (TPSA) is 74.4 Å². The van der Waals surface area contributed by atoms with Crippen LogP contribution < -0.4 is 5.32 Å². The van der Waals surface area contributed by atoms with E-state index in [1.54, 1.807) is 23.2 Å². The van der Waals surface area contributed by atoms with E-state index in [1.807, 2.05) is 20.8 Å². The number of aromatic nitrogens is 1. The number of rotatable bonds is 2. The molecule has 0 aromatic carbocycles. The van der Waals surface area contributed by atoms with Crippen LogP contribution >= 0.6 is 0 Å². The summed E-state index contributed by atoms with van der Waals surface area (Å²) in [6.07, 6.45) is 3.12. The predicted molar refractivity (Wildman–Crippen MR) is 79.1 cm³/mol. The molecule has 1 atom stereocenters. The summed E-state index contributed by atoms with van der Waals surface area (Å²) < 4.78 is 5.37. The van der Waals surface area contributed by atoms with Crippen LogP contribution in [-0.2, 0) is 4.74 Å². The number of likely N-dealkylation sites (tertiary alicyclic amines) is 1. The molecular formula is C15H23N3O3. The lowest BCUT2D eigenvalue weighted by Gasteiger charge is -2.34. The van der Waals surface area contributed by atoms with Gasteiger partial charge in [-0.05, 0) is 45.7 Å². The van der Waals surface area contributed by atoms with E-state index in [9.17, 15) is 9.59 Å². The third kappa shape index (κ3) is 4.51. The van der Waals surface area contributed by atoms with Crippen molar-refractivity contribution in [3.8, 4) is 0 Å². The molecule has 0 unspecified atom stereocenters. The standard InChI is InChI=1S/C15H23N3O3/c1-15(2,3)21-14(20)18-9-5-6-11(10-18)17-13(19)12-7-4-8-16-12/h4,7-8,11,16H,5-6,9-10H2,1-3H3,(H,17,19)/t11-/m1/s1. The number of carbonyl (C=O) groups is 2. The van der Waals surface area contributed by atoms with Gasteiger partial charge in [-0.3, -0.25) is 4.79 Å². The number of hydrogen-bond donors (Lipinski definition) is 2. The summed E-state index contributed by atoms with van der Waals surface area (Å²) in [5, 5.41) is 2.95. The molecule has 0 bridgehead atoms. The van der Waals surface area contributed by atoms with Crippen molar-refractivity contribution in [3.05, 3.63) is 24.0 Å². The van der Waals surface area contributed by atoms with Crippen molar-refractivity contribution >= 4 is 12.0 Å². The largest absolute Gasteiger partial charge is 0.444 e. The van der Waals surface area contributed by atoms with Crippen molar-refractivity contribution in [1.29, 1.82) is 0 Å². The van der Waals surface area contributed by atoms with Crippen molar-refractivity contribution in [2.75, 3.05) is 13.1 Å². The molecule has 1 fully saturated rings. The smallest absolute Gasteiger partial charge is 0.410 e. The number of carbonyl (C=O) groups excluding carboxylic acids is 2. The lowest BCUT2D eigenvalue weighted by Crippen LogP contribution is -2.50. The van der Waals surface area contributed by atoms with Crippen molar-refractivity contribution in [3.63, 3.8) is 0 Å². The number of ether oxygens (including phenoxy) is 1. The zero-order valence-corrected chi connectivity index (χ0v) is 12.8. The Morgan fingerprint density at radius 1 is 1.43 bits per heavy atom. The fourth-order valence-corrected chi connectivity index (χ4v) is 2.32. The molecule has 116 valence electrons. The number of nitrogens with one attached hydrogen (secondary N) is 2. The first kappa shape index (κ1) is 15.4. The second kappa shape index (κ2) is 6.20. The van der Waals surface area contributed by atoms with Crippen LogP contribution in [0.4, 0.5) is 4.79 Å². The highest BCUT2D eigenvalue weighted by Crippen LogP contribution is 2.15. The van der Waals surface area contributed by atoms with Crippen molar-refractivity contribution in [2.24, 2.45) is 0 Å². The van der Waals surface area contributed by atoms with Crippen LogP contribution in [0.3, 0.4) is 0 Å². The van der Waals surface area contributed by atoms with Crippen molar-refractivity contribution in [1.82, 2.24) is 15.2 Å². The first-order valence-electron chi connectivity index (χ1n) is 7.27. The maximum atomic E-state index is 12.1. The molecule has 1 aromatic heterocycles. The predicted octanol–water partition coefficient (Wildman–Crippen LogP) is 2.14. The molecule has 6 nitrogen and oxygen atoms in total. The number of piperidine rings is 1. The normalized spacial score (nSPS) is 19.2. The van der Waals surface area contributed by atoms with Gasteiger partial charge >= 0.3 is 6.09 Å². The summed E-state index contributed by atoms with van der Waals surface area (Å²) in [4.78, 5) is 28.6. The van der Waals surface area contributed by atoms with Gasteiger partial charge in [0.05, 0.1) is 0 Å². The van der Waals surface area contributed by atoms with Gasteiger partial charge in [-0.25, -0.2) is 4.79 Å². The van der Waals surface area contributed by atoms with Crippen molar-refractivity contribution < 1.29 is 14.3 Å². The lowest BCUT2D eigenvalue weighted by molar-refractivity contribution is 0.0185. The van der Waals surface area contributed by atoms with Crippen LogP contribution in [0.1, 0.15) is 44.1 Å². The van der Waals surface area contributed by atoms with E-state index in [1.165, 1.54) is 0 Å². The first-order valence-corrected chi connectivity index (χ1v) is 7.27. The minimum Gasteiger partial charge on any atom is -0.444 e. The van der Waals surface area contributed by atoms with Crippen molar-refractivity contribution in [2.45, 2.75) is 45.3 Å². The first-order chi connectivity index (χ1) is 9.85. The molecule has 1 aliphatic rings. The van der Waals surface area contributed by atoms with Gasteiger partial charge in [-0.15, -0.1) is 0 Å². The van der Waals surface area contributed by atoms with E-state index in [2.05, 4.69) is 10.3 Å². The maximum Gasteiger partial charge on any atom is 0.410 e. The molecule has 2 heterocycles. The van der Waals surface area contributed by atoms with Gasteiger partial charge in [0.1, 0.15) is 11.3 Å². The Labute approximate surface area is 124 Å². The van der Waals surface area contributed by atoms with E-state index in [-0.39, 0.29) is 18.0 Å². The SMILES string of the molecule is CC(C)(C)OC(=O)N1CCC[C@@H](NC(=O)c2ccc[nH]2)C1. The summed E-state index contributed by atoms with van der Waals surface area (Å²) >= 11 is 0. The Hall–Kier alpha value is -1.98. The molecular weight excluding hydrogens is 270 g/mol. The van der Waals surface area contributed by atoms with E-state index in [0.717, 1.165) is 12.8 Å². The summed E-state index contributed by atoms with van der Waals surface area (Å²) in [5.41, 5.74) is 0.0294. The Bertz CT molecular complexity index is 491. The molecule has 0 saturated carbocycles. The quantitative estimate of drug-likeness (QED) is 0.877. The lowest BCUT2D eigenvalue weighted by atomic mass is 10.1. The summed E-state index contributed by atoms with van der Waals surface area (Å²) in [7, 11) is 0. The van der Waals surface area contributed by atoms with Crippen LogP contribution in [-0.4, -0.2) is 46.6 Å². The number of aromatic amines is 1. The number of nitrogens with zero attached hydrogens (tertiary/aromatic N) is 1. The highest BCUT2D eigenvalue weighted by molar-refractivity contribution is 5.92. The van der Waals surface area contributed by atoms with E-state index in [4.69, 9.17) is 4.74 Å². The molecule has 0 spiro atoms. The molecule has 2 amide bonds. The molecule has 21 heavy (non-hydrogen) atoms. The van der Waals surface area contributed by atoms with Crippen LogP contribution in [0, 0.1) is 0 Å². The minimum absolute atomic E-state index is 0.0398. The molecule has 2 N–H and O–H groups in total. The second-order valence-corrected chi connectivity index (χ2v) is 6.32. The fraction of sp³-hybridized carbons (Fsp3) is 0.600. The minimum atomic E-state index is -0.502. The molecule has 0 radical (unpaired) electrons. The zero-order chi connectivity index (χ0) is 15.5. The summed E-state index contributed by atoms with van der Waals surface area (Å²) in [5.74, 6) is -0.143. The van der Waals surface area contributed by atoms with E-state index >= 15 is 0 Å². The van der Waals surface area contributed by atoms with Crippen LogP contribution in [0.5, 0.6) is 0 Å². The number of hydrogen-bond acceptors (Lipinski definition) is 3. The fourth-order valence-electron chi connectivity index (χ4n) is 2.32. The Kier molecular flexibility index (Phi) is 4.55. The molecule has 2 rings (SSSR count). The van der Waals surface area contributed by atoms with Crippen LogP contribution in [0.2, 0.25) is 0 Å². The Balaban J connectivity index is 1.89. The average Bonchev–Trinajstić information content (AvgIpc) is 2.91. The highest BCUT2D eigenvalue weighted by Gasteiger charge is 2.28. The van der Waals surface area contributed by atoms with Gasteiger partial charge in [0.2, 0.25) is 0 Å². The van der Waals surface area contributed by atoms with Gasteiger partial charge < -0.3 is 19.9 Å².